The topological polar surface area (TPSA) is 72.6 Å². The van der Waals surface area contributed by atoms with E-state index in [1.165, 1.54) is 7.11 Å². The molecule has 0 spiro atoms. The maximum Gasteiger partial charge on any atom is 0.373 e. The second-order valence-corrected chi connectivity index (χ2v) is 5.74. The largest absolute Gasteiger partial charge is 0.475 e. The summed E-state index contributed by atoms with van der Waals surface area (Å²) in [5.74, 6) is -1.07. The first-order valence-corrected chi connectivity index (χ1v) is 7.07. The zero-order valence-corrected chi connectivity index (χ0v) is 13.6. The van der Waals surface area contributed by atoms with Crippen LogP contribution in [0.15, 0.2) is 27.1 Å². The quantitative estimate of drug-likeness (QED) is 0.740. The van der Waals surface area contributed by atoms with Crippen LogP contribution >= 0.6 is 38.5 Å². The van der Waals surface area contributed by atoms with Crippen LogP contribution in [-0.2, 0) is 11.3 Å². The van der Waals surface area contributed by atoms with Gasteiger partial charge in [0.1, 0.15) is 5.69 Å². The Labute approximate surface area is 131 Å². The summed E-state index contributed by atoms with van der Waals surface area (Å²) < 4.78 is 12.0. The highest BCUT2D eigenvalue weighted by Crippen LogP contribution is 2.29. The highest BCUT2D eigenvalue weighted by molar-refractivity contribution is 14.1. The first-order chi connectivity index (χ1) is 9.02. The Morgan fingerprint density at radius 2 is 2.32 bits per heavy atom. The number of aromatic nitrogens is 1. The van der Waals surface area contributed by atoms with Gasteiger partial charge in [0.05, 0.1) is 12.2 Å². The van der Waals surface area contributed by atoms with E-state index in [1.54, 1.807) is 0 Å². The van der Waals surface area contributed by atoms with Crippen molar-refractivity contribution < 1.29 is 19.1 Å². The number of carbonyl (C=O) groups is 1. The lowest BCUT2D eigenvalue weighted by atomic mass is 10.2. The van der Waals surface area contributed by atoms with E-state index in [0.29, 0.717) is 0 Å². The molecule has 0 saturated heterocycles. The second-order valence-electron chi connectivity index (χ2n) is 3.66. The van der Waals surface area contributed by atoms with Gasteiger partial charge >= 0.3 is 5.97 Å². The van der Waals surface area contributed by atoms with Gasteiger partial charge in [0.2, 0.25) is 11.7 Å². The minimum atomic E-state index is -1.16. The molecule has 2 rings (SSSR count). The fourth-order valence-corrected chi connectivity index (χ4v) is 2.46. The molecule has 1 aromatic heterocycles. The van der Waals surface area contributed by atoms with Gasteiger partial charge in [-0.1, -0.05) is 15.9 Å². The van der Waals surface area contributed by atoms with Crippen molar-refractivity contribution in [3.05, 3.63) is 37.7 Å². The fraction of sp³-hybridized carbons (Fsp3) is 0.167. The lowest BCUT2D eigenvalue weighted by Gasteiger charge is -2.00. The molecule has 0 aliphatic heterocycles. The number of oxazole rings is 1. The van der Waals surface area contributed by atoms with Gasteiger partial charge < -0.3 is 14.3 Å². The molecule has 0 atom stereocenters. The first-order valence-electron chi connectivity index (χ1n) is 5.20. The van der Waals surface area contributed by atoms with Gasteiger partial charge in [-0.3, -0.25) is 0 Å². The van der Waals surface area contributed by atoms with E-state index in [4.69, 9.17) is 14.3 Å². The van der Waals surface area contributed by atoms with Gasteiger partial charge in [-0.2, -0.15) is 0 Å². The molecule has 0 saturated carbocycles. The molecule has 1 aromatic carbocycles. The van der Waals surface area contributed by atoms with Crippen molar-refractivity contribution >= 4 is 44.5 Å². The summed E-state index contributed by atoms with van der Waals surface area (Å²) in [5.41, 5.74) is 1.01. The second kappa shape index (κ2) is 6.02. The molecule has 0 unspecified atom stereocenters. The number of ether oxygens (including phenoxy) is 1. The predicted octanol–water partition coefficient (Wildman–Crippen LogP) is 3.55. The third-order valence-electron chi connectivity index (χ3n) is 2.33. The molecular formula is C12H9BrINO4. The number of hydrogen-bond acceptors (Lipinski definition) is 4. The van der Waals surface area contributed by atoms with Gasteiger partial charge in [0, 0.05) is 15.2 Å². The number of halogens is 2. The Bertz CT molecular complexity index is 626. The normalized spacial score (nSPS) is 10.7. The third-order valence-corrected chi connectivity index (χ3v) is 3.77. The Hall–Kier alpha value is -0.930. The van der Waals surface area contributed by atoms with E-state index >= 15 is 0 Å². The minimum absolute atomic E-state index is 0.0930. The molecule has 0 radical (unpaired) electrons. The average Bonchev–Trinajstić information content (AvgIpc) is 2.77. The predicted molar refractivity (Wildman–Crippen MR) is 80.0 cm³/mol. The molecule has 1 N–H and O–H groups in total. The van der Waals surface area contributed by atoms with E-state index in [-0.39, 0.29) is 24.0 Å². The maximum absolute atomic E-state index is 11.1. The van der Waals surface area contributed by atoms with Crippen LogP contribution in [0.4, 0.5) is 0 Å². The molecule has 0 amide bonds. The Balaban J connectivity index is 2.53. The van der Waals surface area contributed by atoms with Crippen LogP contribution in [0.5, 0.6) is 0 Å². The summed E-state index contributed by atoms with van der Waals surface area (Å²) in [5, 5.41) is 9.08. The van der Waals surface area contributed by atoms with E-state index in [1.807, 2.05) is 18.2 Å². The molecule has 5 nitrogen and oxygen atoms in total. The molecule has 7 heteroatoms. The SMILES string of the molecule is COCc1nc(-c2cc(Br)ccc2I)oc1C(=O)O. The molecule has 1 heterocycles. The van der Waals surface area contributed by atoms with Crippen molar-refractivity contribution in [2.24, 2.45) is 0 Å². The molecule has 0 bridgehead atoms. The molecule has 0 aliphatic rings. The highest BCUT2D eigenvalue weighted by atomic mass is 127. The van der Waals surface area contributed by atoms with Crippen molar-refractivity contribution in [2.45, 2.75) is 6.61 Å². The highest BCUT2D eigenvalue weighted by Gasteiger charge is 2.21. The molecule has 0 fully saturated rings. The van der Waals surface area contributed by atoms with Gasteiger partial charge in [0.15, 0.2) is 0 Å². The molecular weight excluding hydrogens is 429 g/mol. The van der Waals surface area contributed by atoms with Crippen LogP contribution in [0.25, 0.3) is 11.5 Å². The molecule has 19 heavy (non-hydrogen) atoms. The third kappa shape index (κ3) is 3.15. The minimum Gasteiger partial charge on any atom is -0.475 e. The maximum atomic E-state index is 11.1. The van der Waals surface area contributed by atoms with Crippen molar-refractivity contribution in [3.63, 3.8) is 0 Å². The van der Waals surface area contributed by atoms with Gasteiger partial charge in [-0.25, -0.2) is 9.78 Å². The van der Waals surface area contributed by atoms with E-state index in [2.05, 4.69) is 43.5 Å². The lowest BCUT2D eigenvalue weighted by Crippen LogP contribution is -2.00. The Morgan fingerprint density at radius 3 is 2.95 bits per heavy atom. The first kappa shape index (κ1) is 14.5. The number of rotatable bonds is 4. The van der Waals surface area contributed by atoms with Gasteiger partial charge in [0.25, 0.3) is 0 Å². The number of nitrogens with zero attached hydrogens (tertiary/aromatic N) is 1. The monoisotopic (exact) mass is 437 g/mol. The van der Waals surface area contributed by atoms with E-state index in [9.17, 15) is 4.79 Å². The standard InChI is InChI=1S/C12H9BrINO4/c1-18-5-9-10(12(16)17)19-11(15-9)7-4-6(13)2-3-8(7)14/h2-4H,5H2,1H3,(H,16,17). The number of hydrogen-bond donors (Lipinski definition) is 1. The summed E-state index contributed by atoms with van der Waals surface area (Å²) >= 11 is 5.51. The summed E-state index contributed by atoms with van der Waals surface area (Å²) in [7, 11) is 1.48. The van der Waals surface area contributed by atoms with Crippen LogP contribution in [0.2, 0.25) is 0 Å². The van der Waals surface area contributed by atoms with Crippen LogP contribution in [-0.4, -0.2) is 23.2 Å². The van der Waals surface area contributed by atoms with Crippen LogP contribution in [0.1, 0.15) is 16.2 Å². The summed E-state index contributed by atoms with van der Waals surface area (Å²) in [6.07, 6.45) is 0. The van der Waals surface area contributed by atoms with Crippen LogP contribution in [0.3, 0.4) is 0 Å². The average molecular weight is 438 g/mol. The zero-order chi connectivity index (χ0) is 14.0. The van der Waals surface area contributed by atoms with E-state index < -0.39 is 5.97 Å². The smallest absolute Gasteiger partial charge is 0.373 e. The van der Waals surface area contributed by atoms with Gasteiger partial charge in [-0.15, -0.1) is 0 Å². The Kier molecular flexibility index (Phi) is 4.58. The van der Waals surface area contributed by atoms with Crippen molar-refractivity contribution in [1.29, 1.82) is 0 Å². The number of carboxylic acid groups (broad SMARTS) is 1. The van der Waals surface area contributed by atoms with Crippen molar-refractivity contribution in [3.8, 4) is 11.5 Å². The molecule has 100 valence electrons. The van der Waals surface area contributed by atoms with Crippen LogP contribution in [0, 0.1) is 3.57 Å². The Morgan fingerprint density at radius 1 is 1.58 bits per heavy atom. The molecule has 2 aromatic rings. The summed E-state index contributed by atoms with van der Waals surface area (Å²) in [6, 6.07) is 5.61. The van der Waals surface area contributed by atoms with Crippen molar-refractivity contribution in [1.82, 2.24) is 4.98 Å². The number of aromatic carboxylic acids is 1. The summed E-state index contributed by atoms with van der Waals surface area (Å²) in [6.45, 7) is 0.0930. The van der Waals surface area contributed by atoms with E-state index in [0.717, 1.165) is 13.6 Å². The van der Waals surface area contributed by atoms with Crippen LogP contribution < -0.4 is 0 Å². The lowest BCUT2D eigenvalue weighted by molar-refractivity contribution is 0.0656. The fourth-order valence-electron chi connectivity index (χ4n) is 1.53. The number of benzene rings is 1. The molecule has 0 aliphatic carbocycles. The van der Waals surface area contributed by atoms with Gasteiger partial charge in [-0.05, 0) is 40.8 Å². The zero-order valence-electron chi connectivity index (χ0n) is 9.81. The van der Waals surface area contributed by atoms with Crippen molar-refractivity contribution in [2.75, 3.05) is 7.11 Å². The number of carboxylic acids is 1. The summed E-state index contributed by atoms with van der Waals surface area (Å²) in [4.78, 5) is 15.3. The number of methoxy groups -OCH3 is 1.